The van der Waals surface area contributed by atoms with Crippen molar-refractivity contribution in [2.75, 3.05) is 46.8 Å². The highest BCUT2D eigenvalue weighted by Gasteiger charge is 2.17. The lowest BCUT2D eigenvalue weighted by molar-refractivity contribution is -0.127. The van der Waals surface area contributed by atoms with E-state index in [1.165, 1.54) is 25.8 Å². The third-order valence-electron chi connectivity index (χ3n) is 4.97. The summed E-state index contributed by atoms with van der Waals surface area (Å²) in [6.07, 6.45) is 7.49. The first kappa shape index (κ1) is 24.7. The number of likely N-dealkylation sites (N-methyl/N-ethyl adjacent to an activating group) is 1. The zero-order valence-electron chi connectivity index (χ0n) is 17.4. The van der Waals surface area contributed by atoms with Crippen LogP contribution >= 0.6 is 24.0 Å². The predicted molar refractivity (Wildman–Crippen MR) is 124 cm³/mol. The first-order valence-corrected chi connectivity index (χ1v) is 10.0. The number of piperidine rings is 1. The van der Waals surface area contributed by atoms with E-state index in [9.17, 15) is 4.79 Å². The average Bonchev–Trinajstić information content (AvgIpc) is 3.17. The number of aliphatic imine (C=N–C) groups is 1. The molecule has 1 aromatic rings. The minimum Gasteiger partial charge on any atom is -0.469 e. The Morgan fingerprint density at radius 2 is 2.11 bits per heavy atom. The summed E-state index contributed by atoms with van der Waals surface area (Å²) in [6, 6.07) is 4.54. The van der Waals surface area contributed by atoms with Gasteiger partial charge in [0.25, 0.3) is 0 Å². The first-order chi connectivity index (χ1) is 13.1. The molecule has 1 aromatic heterocycles. The highest BCUT2D eigenvalue weighted by atomic mass is 127. The molecule has 0 saturated carbocycles. The Balaban J connectivity index is 0.00000392. The fourth-order valence-electron chi connectivity index (χ4n) is 3.20. The van der Waals surface area contributed by atoms with Crippen molar-refractivity contribution in [2.24, 2.45) is 4.99 Å². The number of nitrogens with zero attached hydrogens (tertiary/aromatic N) is 3. The van der Waals surface area contributed by atoms with E-state index in [2.05, 4.69) is 27.4 Å². The minimum absolute atomic E-state index is 0. The number of hydrogen-bond acceptors (Lipinski definition) is 4. The van der Waals surface area contributed by atoms with E-state index in [-0.39, 0.29) is 36.4 Å². The number of halogens is 1. The maximum Gasteiger partial charge on any atom is 0.243 e. The van der Waals surface area contributed by atoms with Crippen molar-refractivity contribution in [1.29, 1.82) is 0 Å². The molecule has 1 amide bonds. The lowest BCUT2D eigenvalue weighted by atomic mass is 10.0. The van der Waals surface area contributed by atoms with Crippen molar-refractivity contribution in [3.63, 3.8) is 0 Å². The molecule has 1 aliphatic rings. The molecule has 2 heterocycles. The van der Waals surface area contributed by atoms with Crippen molar-refractivity contribution in [3.05, 3.63) is 24.2 Å². The van der Waals surface area contributed by atoms with Crippen LogP contribution in [0.3, 0.4) is 0 Å². The Kier molecular flexibility index (Phi) is 12.2. The minimum atomic E-state index is -0.00993. The van der Waals surface area contributed by atoms with Gasteiger partial charge in [-0.2, -0.15) is 0 Å². The smallest absolute Gasteiger partial charge is 0.243 e. The molecular formula is C20H36IN5O2. The molecule has 1 atom stereocenters. The molecule has 2 N–H and O–H groups in total. The average molecular weight is 505 g/mol. The lowest BCUT2D eigenvalue weighted by Gasteiger charge is -2.33. The third-order valence-corrected chi connectivity index (χ3v) is 4.97. The van der Waals surface area contributed by atoms with E-state index in [0.29, 0.717) is 18.5 Å². The van der Waals surface area contributed by atoms with Crippen LogP contribution in [0.25, 0.3) is 0 Å². The Morgan fingerprint density at radius 3 is 2.79 bits per heavy atom. The molecule has 160 valence electrons. The van der Waals surface area contributed by atoms with Crippen molar-refractivity contribution in [1.82, 2.24) is 20.4 Å². The summed E-state index contributed by atoms with van der Waals surface area (Å²) in [5.74, 6) is 1.61. The van der Waals surface area contributed by atoms with Crippen LogP contribution in [0.4, 0.5) is 0 Å². The molecule has 28 heavy (non-hydrogen) atoms. The monoisotopic (exact) mass is 505 g/mol. The standard InChI is InChI=1S/C20H35N5O2.HI/c1-17-8-4-5-13-25(17)14-7-11-21-20(23-16-19(26)24(2)3)22-12-10-18-9-6-15-27-18;/h6,9,15,17H,4-5,7-8,10-14,16H2,1-3H3,(H2,21,22,23);1H. The van der Waals surface area contributed by atoms with Crippen LogP contribution in [-0.2, 0) is 11.2 Å². The number of guanidine groups is 1. The predicted octanol–water partition coefficient (Wildman–Crippen LogP) is 2.33. The van der Waals surface area contributed by atoms with Crippen LogP contribution in [0.2, 0.25) is 0 Å². The lowest BCUT2D eigenvalue weighted by Crippen LogP contribution is -2.42. The summed E-state index contributed by atoms with van der Waals surface area (Å²) in [4.78, 5) is 20.4. The molecule has 0 aliphatic carbocycles. The Bertz CT molecular complexity index is 577. The summed E-state index contributed by atoms with van der Waals surface area (Å²) in [7, 11) is 3.49. The number of likely N-dealkylation sites (tertiary alicyclic amines) is 1. The van der Waals surface area contributed by atoms with Crippen molar-refractivity contribution in [3.8, 4) is 0 Å². The van der Waals surface area contributed by atoms with Gasteiger partial charge in [0.1, 0.15) is 12.3 Å². The van der Waals surface area contributed by atoms with Crippen LogP contribution in [0.1, 0.15) is 38.4 Å². The van der Waals surface area contributed by atoms with E-state index in [1.54, 1.807) is 25.3 Å². The van der Waals surface area contributed by atoms with Crippen LogP contribution in [0, 0.1) is 0 Å². The molecule has 7 nitrogen and oxygen atoms in total. The molecule has 1 saturated heterocycles. The largest absolute Gasteiger partial charge is 0.469 e. The van der Waals surface area contributed by atoms with Crippen molar-refractivity contribution >= 4 is 35.8 Å². The second-order valence-electron chi connectivity index (χ2n) is 7.37. The molecule has 1 aliphatic heterocycles. The van der Waals surface area contributed by atoms with Crippen LogP contribution in [-0.4, -0.2) is 74.5 Å². The first-order valence-electron chi connectivity index (χ1n) is 10.0. The second-order valence-corrected chi connectivity index (χ2v) is 7.37. The van der Waals surface area contributed by atoms with Gasteiger partial charge in [-0.05, 0) is 44.9 Å². The quantitative estimate of drug-likeness (QED) is 0.233. The van der Waals surface area contributed by atoms with Crippen molar-refractivity contribution < 1.29 is 9.21 Å². The molecule has 1 fully saturated rings. The van der Waals surface area contributed by atoms with Gasteiger partial charge in [0, 0.05) is 46.2 Å². The number of furan rings is 1. The fraction of sp³-hybridized carbons (Fsp3) is 0.700. The number of amides is 1. The fourth-order valence-corrected chi connectivity index (χ4v) is 3.20. The highest BCUT2D eigenvalue weighted by molar-refractivity contribution is 14.0. The van der Waals surface area contributed by atoms with E-state index in [4.69, 9.17) is 4.42 Å². The van der Waals surface area contributed by atoms with Gasteiger partial charge in [0.2, 0.25) is 5.91 Å². The molecule has 0 aromatic carbocycles. The Morgan fingerprint density at radius 1 is 1.32 bits per heavy atom. The Hall–Kier alpha value is -1.29. The number of nitrogens with one attached hydrogen (secondary N) is 2. The highest BCUT2D eigenvalue weighted by Crippen LogP contribution is 2.15. The van der Waals surface area contributed by atoms with E-state index >= 15 is 0 Å². The maximum absolute atomic E-state index is 11.8. The molecule has 8 heteroatoms. The summed E-state index contributed by atoms with van der Waals surface area (Å²) in [6.45, 7) is 6.32. The van der Waals surface area contributed by atoms with Crippen LogP contribution < -0.4 is 10.6 Å². The summed E-state index contributed by atoms with van der Waals surface area (Å²) < 4.78 is 5.35. The number of carbonyl (C=O) groups is 1. The normalized spacial score (nSPS) is 17.7. The van der Waals surface area contributed by atoms with Gasteiger partial charge >= 0.3 is 0 Å². The SMILES string of the molecule is CC1CCCCN1CCCNC(=NCC(=O)N(C)C)NCCc1ccco1.I. The van der Waals surface area contributed by atoms with Crippen LogP contribution in [0.15, 0.2) is 27.8 Å². The van der Waals surface area contributed by atoms with Crippen molar-refractivity contribution in [2.45, 2.75) is 45.1 Å². The second kappa shape index (κ2) is 13.8. The van der Waals surface area contributed by atoms with E-state index < -0.39 is 0 Å². The van der Waals surface area contributed by atoms with E-state index in [1.807, 2.05) is 12.1 Å². The van der Waals surface area contributed by atoms with Gasteiger partial charge in [-0.15, -0.1) is 24.0 Å². The molecule has 0 bridgehead atoms. The summed E-state index contributed by atoms with van der Waals surface area (Å²) in [5, 5.41) is 6.65. The topological polar surface area (TPSA) is 73.1 Å². The zero-order valence-corrected chi connectivity index (χ0v) is 19.8. The summed E-state index contributed by atoms with van der Waals surface area (Å²) in [5.41, 5.74) is 0. The number of hydrogen-bond donors (Lipinski definition) is 2. The number of rotatable bonds is 9. The molecular weight excluding hydrogens is 469 g/mol. The van der Waals surface area contributed by atoms with Gasteiger partial charge < -0.3 is 24.9 Å². The summed E-state index contributed by atoms with van der Waals surface area (Å²) >= 11 is 0. The molecule has 0 spiro atoms. The van der Waals surface area contributed by atoms with Gasteiger partial charge in [-0.1, -0.05) is 6.42 Å². The van der Waals surface area contributed by atoms with Gasteiger partial charge in [-0.3, -0.25) is 4.79 Å². The molecule has 2 rings (SSSR count). The van der Waals surface area contributed by atoms with Crippen LogP contribution in [0.5, 0.6) is 0 Å². The molecule has 1 unspecified atom stereocenters. The molecule has 0 radical (unpaired) electrons. The maximum atomic E-state index is 11.8. The van der Waals surface area contributed by atoms with E-state index in [0.717, 1.165) is 31.7 Å². The Labute approximate surface area is 186 Å². The third kappa shape index (κ3) is 9.27. The van der Waals surface area contributed by atoms with Gasteiger partial charge in [-0.25, -0.2) is 4.99 Å². The zero-order chi connectivity index (χ0) is 19.5. The van der Waals surface area contributed by atoms with Gasteiger partial charge in [0.15, 0.2) is 5.96 Å². The number of carbonyl (C=O) groups excluding carboxylic acids is 1. The van der Waals surface area contributed by atoms with Gasteiger partial charge in [0.05, 0.1) is 6.26 Å².